The van der Waals surface area contributed by atoms with Crippen molar-refractivity contribution < 1.29 is 8.78 Å². The third-order valence-electron chi connectivity index (χ3n) is 1.61. The maximum atomic E-state index is 12.0. The summed E-state index contributed by atoms with van der Waals surface area (Å²) < 4.78 is 24.5. The first-order chi connectivity index (χ1) is 6.09. The van der Waals surface area contributed by atoms with Crippen LogP contribution in [-0.2, 0) is 0 Å². The quantitative estimate of drug-likeness (QED) is 0.868. The number of nitrogens with two attached hydrogens (primary N) is 1. The summed E-state index contributed by atoms with van der Waals surface area (Å²) in [5, 5.41) is 0. The van der Waals surface area contributed by atoms with Gasteiger partial charge in [0, 0.05) is 18.7 Å². The molecule has 0 spiro atoms. The molecule has 1 rings (SSSR count). The van der Waals surface area contributed by atoms with E-state index < -0.39 is 12.5 Å². The third kappa shape index (κ3) is 4.30. The average Bonchev–Trinajstić information content (AvgIpc) is 2.03. The van der Waals surface area contributed by atoms with Crippen molar-refractivity contribution in [3.8, 4) is 0 Å². The Bertz CT molecular complexity index is 286. The van der Waals surface area contributed by atoms with Crippen molar-refractivity contribution >= 4 is 28.3 Å². The number of aromatic nitrogens is 1. The molecule has 0 aliphatic rings. The lowest BCUT2D eigenvalue weighted by molar-refractivity contribution is 0.128. The first kappa shape index (κ1) is 13.7. The number of hydrogen-bond acceptors (Lipinski definition) is 2. The number of hydrogen-bond donors (Lipinski definition) is 1. The van der Waals surface area contributed by atoms with E-state index in [9.17, 15) is 8.78 Å². The van der Waals surface area contributed by atoms with Crippen LogP contribution < -0.4 is 5.73 Å². The molecule has 6 heteroatoms. The van der Waals surface area contributed by atoms with Crippen LogP contribution in [0.3, 0.4) is 0 Å². The summed E-state index contributed by atoms with van der Waals surface area (Å²) in [4.78, 5) is 3.87. The Morgan fingerprint density at radius 3 is 2.64 bits per heavy atom. The molecule has 1 atom stereocenters. The Kier molecular flexibility index (Phi) is 6.15. The van der Waals surface area contributed by atoms with Gasteiger partial charge in [-0.15, -0.1) is 12.4 Å². The summed E-state index contributed by atoms with van der Waals surface area (Å²) in [7, 11) is 0. The molecule has 0 aliphatic heterocycles. The van der Waals surface area contributed by atoms with Gasteiger partial charge < -0.3 is 5.73 Å². The van der Waals surface area contributed by atoms with Crippen molar-refractivity contribution in [2.75, 3.05) is 0 Å². The van der Waals surface area contributed by atoms with E-state index in [4.69, 9.17) is 5.73 Å². The van der Waals surface area contributed by atoms with Crippen LogP contribution in [0.1, 0.15) is 18.0 Å². The van der Waals surface area contributed by atoms with Crippen LogP contribution in [0.4, 0.5) is 8.78 Å². The van der Waals surface area contributed by atoms with E-state index in [1.54, 1.807) is 12.1 Å². The van der Waals surface area contributed by atoms with Gasteiger partial charge in [0.05, 0.1) is 0 Å². The molecule has 0 bridgehead atoms. The van der Waals surface area contributed by atoms with E-state index in [-0.39, 0.29) is 18.8 Å². The van der Waals surface area contributed by atoms with Crippen LogP contribution in [0, 0.1) is 0 Å². The zero-order chi connectivity index (χ0) is 9.84. The minimum atomic E-state index is -2.37. The van der Waals surface area contributed by atoms with Crippen molar-refractivity contribution in [2.24, 2.45) is 5.73 Å². The molecule has 0 saturated heterocycles. The van der Waals surface area contributed by atoms with E-state index >= 15 is 0 Å². The summed E-state index contributed by atoms with van der Waals surface area (Å²) in [6.07, 6.45) is -1.16. The Labute approximate surface area is 95.4 Å². The topological polar surface area (TPSA) is 38.9 Å². The maximum Gasteiger partial charge on any atom is 0.240 e. The van der Waals surface area contributed by atoms with Gasteiger partial charge in [0.2, 0.25) is 6.43 Å². The van der Waals surface area contributed by atoms with Crippen LogP contribution in [0.5, 0.6) is 0 Å². The summed E-state index contributed by atoms with van der Waals surface area (Å²) >= 11 is 3.14. The van der Waals surface area contributed by atoms with Crippen LogP contribution in [0.2, 0.25) is 0 Å². The molecule has 0 saturated carbocycles. The standard InChI is InChI=1S/C8H9BrF2N2.ClH/c9-7-3-5(1-2-13-7)6(12)4-8(10)11;/h1-3,6,8H,4,12H2;1H/t6-;/m0./s1. The fraction of sp³-hybridized carbons (Fsp3) is 0.375. The number of nitrogens with zero attached hydrogens (tertiary/aromatic N) is 1. The number of pyridine rings is 1. The summed E-state index contributed by atoms with van der Waals surface area (Å²) in [6.45, 7) is 0. The molecule has 1 aromatic heterocycles. The van der Waals surface area contributed by atoms with E-state index in [1.165, 1.54) is 6.20 Å². The molecular weight excluding hydrogens is 277 g/mol. The molecule has 14 heavy (non-hydrogen) atoms. The molecule has 0 fully saturated rings. The van der Waals surface area contributed by atoms with Crippen LogP contribution in [-0.4, -0.2) is 11.4 Å². The smallest absolute Gasteiger partial charge is 0.240 e. The average molecular weight is 288 g/mol. The van der Waals surface area contributed by atoms with Crippen molar-refractivity contribution in [1.82, 2.24) is 4.98 Å². The second kappa shape index (κ2) is 6.27. The zero-order valence-electron chi connectivity index (χ0n) is 7.16. The number of rotatable bonds is 3. The highest BCUT2D eigenvalue weighted by Gasteiger charge is 2.12. The van der Waals surface area contributed by atoms with E-state index in [0.717, 1.165) is 0 Å². The molecule has 0 aliphatic carbocycles. The Balaban J connectivity index is 0.00000169. The maximum absolute atomic E-state index is 12.0. The molecule has 80 valence electrons. The van der Waals surface area contributed by atoms with Crippen LogP contribution in [0.25, 0.3) is 0 Å². The van der Waals surface area contributed by atoms with Gasteiger partial charge >= 0.3 is 0 Å². The molecule has 0 amide bonds. The van der Waals surface area contributed by atoms with Gasteiger partial charge in [-0.3, -0.25) is 0 Å². The fourth-order valence-electron chi connectivity index (χ4n) is 0.976. The summed E-state index contributed by atoms with van der Waals surface area (Å²) in [5.41, 5.74) is 6.20. The van der Waals surface area contributed by atoms with Gasteiger partial charge in [0.25, 0.3) is 0 Å². The summed E-state index contributed by atoms with van der Waals surface area (Å²) in [6, 6.07) is 2.66. The summed E-state index contributed by atoms with van der Waals surface area (Å²) in [5.74, 6) is 0. The number of halogens is 4. The van der Waals surface area contributed by atoms with Crippen molar-refractivity contribution in [3.05, 3.63) is 28.5 Å². The molecule has 2 N–H and O–H groups in total. The van der Waals surface area contributed by atoms with Crippen LogP contribution in [0.15, 0.2) is 22.9 Å². The second-order valence-corrected chi connectivity index (χ2v) is 3.46. The van der Waals surface area contributed by atoms with E-state index in [1.807, 2.05) is 0 Å². The van der Waals surface area contributed by atoms with Crippen molar-refractivity contribution in [1.29, 1.82) is 0 Å². The highest BCUT2D eigenvalue weighted by atomic mass is 79.9. The van der Waals surface area contributed by atoms with Gasteiger partial charge in [-0.2, -0.15) is 0 Å². The van der Waals surface area contributed by atoms with Crippen molar-refractivity contribution in [2.45, 2.75) is 18.9 Å². The molecule has 1 aromatic rings. The highest BCUT2D eigenvalue weighted by Crippen LogP contribution is 2.19. The van der Waals surface area contributed by atoms with Gasteiger partial charge in [-0.1, -0.05) is 0 Å². The SMILES string of the molecule is Cl.N[C@@H](CC(F)F)c1ccnc(Br)c1. The second-order valence-electron chi connectivity index (χ2n) is 2.65. The monoisotopic (exact) mass is 286 g/mol. The third-order valence-corrected chi connectivity index (χ3v) is 2.04. The van der Waals surface area contributed by atoms with Gasteiger partial charge in [-0.05, 0) is 33.6 Å². The predicted molar refractivity (Wildman–Crippen MR) is 56.7 cm³/mol. The molecule has 0 unspecified atom stereocenters. The zero-order valence-corrected chi connectivity index (χ0v) is 9.56. The number of alkyl halides is 2. The lowest BCUT2D eigenvalue weighted by atomic mass is 10.1. The molecular formula is C8H10BrClF2N2. The van der Waals surface area contributed by atoms with E-state index in [0.29, 0.717) is 10.2 Å². The van der Waals surface area contributed by atoms with Crippen LogP contribution >= 0.6 is 28.3 Å². The van der Waals surface area contributed by atoms with Gasteiger partial charge in [0.15, 0.2) is 0 Å². The Morgan fingerprint density at radius 1 is 1.50 bits per heavy atom. The first-order valence-corrected chi connectivity index (χ1v) is 4.54. The molecule has 1 heterocycles. The lowest BCUT2D eigenvalue weighted by Crippen LogP contribution is -2.13. The largest absolute Gasteiger partial charge is 0.324 e. The van der Waals surface area contributed by atoms with Gasteiger partial charge in [-0.25, -0.2) is 13.8 Å². The normalized spacial score (nSPS) is 12.4. The van der Waals surface area contributed by atoms with Crippen molar-refractivity contribution in [3.63, 3.8) is 0 Å². The molecule has 0 radical (unpaired) electrons. The predicted octanol–water partition coefficient (Wildman–Crippen LogP) is 2.92. The van der Waals surface area contributed by atoms with Gasteiger partial charge in [0.1, 0.15) is 4.60 Å². The minimum absolute atomic E-state index is 0. The van der Waals surface area contributed by atoms with E-state index in [2.05, 4.69) is 20.9 Å². The first-order valence-electron chi connectivity index (χ1n) is 3.75. The molecule has 0 aromatic carbocycles. The highest BCUT2D eigenvalue weighted by molar-refractivity contribution is 9.10. The minimum Gasteiger partial charge on any atom is -0.324 e. The Hall–Kier alpha value is -0.260. The lowest BCUT2D eigenvalue weighted by Gasteiger charge is -2.10. The fourth-order valence-corrected chi connectivity index (χ4v) is 1.36. The molecule has 2 nitrogen and oxygen atoms in total. The Morgan fingerprint density at radius 2 is 2.14 bits per heavy atom.